The highest BCUT2D eigenvalue weighted by molar-refractivity contribution is 6.09. The minimum Gasteiger partial charge on any atom is -0.311 e. The van der Waals surface area contributed by atoms with Gasteiger partial charge in [-0.2, -0.15) is 0 Å². The lowest BCUT2D eigenvalue weighted by Crippen LogP contribution is -2.09. The predicted molar refractivity (Wildman–Crippen MR) is 237 cm³/mol. The van der Waals surface area contributed by atoms with Gasteiger partial charge in [0.05, 0.1) is 22.0 Å². The van der Waals surface area contributed by atoms with E-state index >= 15 is 0 Å². The molecule has 0 radical (unpaired) electrons. The summed E-state index contributed by atoms with van der Waals surface area (Å²) in [5.41, 5.74) is 8.01. The van der Waals surface area contributed by atoms with E-state index in [1.54, 1.807) is 48.5 Å². The van der Waals surface area contributed by atoms with Crippen LogP contribution in [0, 0.1) is 0 Å². The predicted octanol–water partition coefficient (Wildman–Crippen LogP) is 14.9. The Labute approximate surface area is 339 Å². The van der Waals surface area contributed by atoms with Crippen LogP contribution in [0.25, 0.3) is 72.0 Å². The molecule has 0 atom stereocenters. The van der Waals surface area contributed by atoms with Gasteiger partial charge in [-0.3, -0.25) is 0 Å². The van der Waals surface area contributed by atoms with Gasteiger partial charge in [0.1, 0.15) is 0 Å². The summed E-state index contributed by atoms with van der Waals surface area (Å²) >= 11 is 0. The normalized spacial score (nSPS) is 13.2. The summed E-state index contributed by atoms with van der Waals surface area (Å²) in [6.07, 6.45) is 0. The van der Waals surface area contributed by atoms with Crippen LogP contribution in [0.5, 0.6) is 0 Å². The van der Waals surface area contributed by atoms with Gasteiger partial charge in [0.15, 0.2) is 0 Å². The fourth-order valence-electron chi connectivity index (χ4n) is 7.39. The fourth-order valence-corrected chi connectivity index (χ4v) is 7.39. The molecule has 1 aromatic heterocycles. The van der Waals surface area contributed by atoms with Gasteiger partial charge in [-0.15, -0.1) is 0 Å². The van der Waals surface area contributed by atoms with Crippen LogP contribution in [-0.2, 0) is 0 Å². The molecule has 0 unspecified atom stereocenters. The Hall–Kier alpha value is -7.42. The van der Waals surface area contributed by atoms with Crippen molar-refractivity contribution in [2.75, 3.05) is 4.90 Å². The Morgan fingerprint density at radius 2 is 0.696 bits per heavy atom. The molecule has 0 fully saturated rings. The highest BCUT2D eigenvalue weighted by Gasteiger charge is 2.15. The number of anilines is 3. The minimum atomic E-state index is -0.393. The smallest absolute Gasteiger partial charge is 0.0645 e. The number of rotatable bonds is 8. The highest BCUT2D eigenvalue weighted by Crippen LogP contribution is 2.39. The van der Waals surface area contributed by atoms with Crippen LogP contribution in [0.1, 0.15) is 11.0 Å². The highest BCUT2D eigenvalue weighted by atomic mass is 15.1. The topological polar surface area (TPSA) is 8.17 Å². The second-order valence-electron chi connectivity index (χ2n) is 13.6. The molecule has 9 aromatic carbocycles. The Balaban J connectivity index is 1.12. The number of hydrogen-bond acceptors (Lipinski definition) is 1. The molecule has 56 heavy (non-hydrogen) atoms. The van der Waals surface area contributed by atoms with Gasteiger partial charge < -0.3 is 9.47 Å². The van der Waals surface area contributed by atoms with E-state index in [0.29, 0.717) is 16.8 Å². The molecule has 0 amide bonds. The first-order valence-electron chi connectivity index (χ1n) is 22.5. The average molecular weight is 723 g/mol. The first-order chi connectivity index (χ1) is 31.1. The van der Waals surface area contributed by atoms with Gasteiger partial charge in [-0.25, -0.2) is 0 Å². The van der Waals surface area contributed by atoms with E-state index in [1.807, 2.05) is 97.1 Å². The zero-order valence-electron chi connectivity index (χ0n) is 38.2. The summed E-state index contributed by atoms with van der Waals surface area (Å²) in [6.45, 7) is 0. The molecule has 10 aromatic rings. The first-order valence-corrected chi connectivity index (χ1v) is 18.5. The minimum absolute atomic E-state index is 0.107. The maximum atomic E-state index is 9.49. The molecule has 0 spiro atoms. The number of para-hydroxylation sites is 2. The number of fused-ring (bicyclic) bond motifs is 3. The molecule has 1 heterocycles. The summed E-state index contributed by atoms with van der Waals surface area (Å²) < 4.78 is 77.0. The number of aromatic nitrogens is 1. The van der Waals surface area contributed by atoms with Crippen molar-refractivity contribution in [3.63, 3.8) is 0 Å². The molecule has 0 saturated heterocycles. The van der Waals surface area contributed by atoms with E-state index in [0.717, 1.165) is 49.7 Å². The standard InChI is InChI=1S/C54H38N2/c1-3-12-39(13-4-1)41-22-24-42(25-23-41)44-28-34-48(35-29-44)55(47-32-26-43(27-33-47)40-14-5-2-6-15-40)49-36-30-45(31-37-49)46-16-11-17-50(38-46)56-53-20-9-7-18-51(53)52-19-8-10-21-54(52)56/h1-38H/i26D,27D,28D,29D,32D,33D,34D,35D. The summed E-state index contributed by atoms with van der Waals surface area (Å²) in [5.74, 6) is 0. The number of nitrogens with zero attached hydrogens (tertiary/aromatic N) is 2. The van der Waals surface area contributed by atoms with Gasteiger partial charge in [0.25, 0.3) is 0 Å². The van der Waals surface area contributed by atoms with E-state index in [1.165, 1.54) is 4.90 Å². The van der Waals surface area contributed by atoms with Crippen molar-refractivity contribution >= 4 is 38.9 Å². The third-order valence-electron chi connectivity index (χ3n) is 10.2. The average Bonchev–Trinajstić information content (AvgIpc) is 3.68. The summed E-state index contributed by atoms with van der Waals surface area (Å²) in [6, 6.07) is 55.3. The van der Waals surface area contributed by atoms with E-state index < -0.39 is 12.1 Å². The summed E-state index contributed by atoms with van der Waals surface area (Å²) in [7, 11) is 0. The van der Waals surface area contributed by atoms with E-state index in [9.17, 15) is 11.0 Å². The van der Waals surface area contributed by atoms with Crippen LogP contribution >= 0.6 is 0 Å². The van der Waals surface area contributed by atoms with Crippen molar-refractivity contribution in [1.29, 1.82) is 0 Å². The lowest BCUT2D eigenvalue weighted by atomic mass is 10.00. The molecule has 0 aliphatic heterocycles. The largest absolute Gasteiger partial charge is 0.311 e. The Bertz CT molecular complexity index is 3290. The van der Waals surface area contributed by atoms with Gasteiger partial charge in [0.2, 0.25) is 0 Å². The Morgan fingerprint density at radius 3 is 1.23 bits per heavy atom. The van der Waals surface area contributed by atoms with Crippen LogP contribution in [0.2, 0.25) is 0 Å². The monoisotopic (exact) mass is 722 g/mol. The molecular weight excluding hydrogens is 677 g/mol. The van der Waals surface area contributed by atoms with Crippen LogP contribution < -0.4 is 4.90 Å². The maximum Gasteiger partial charge on any atom is 0.0645 e. The molecule has 2 nitrogen and oxygen atoms in total. The molecule has 0 bridgehead atoms. The summed E-state index contributed by atoms with van der Waals surface area (Å²) in [4.78, 5) is 1.34. The molecule has 0 aliphatic rings. The van der Waals surface area contributed by atoms with Crippen molar-refractivity contribution in [1.82, 2.24) is 4.57 Å². The molecule has 2 heteroatoms. The van der Waals surface area contributed by atoms with Crippen molar-refractivity contribution < 1.29 is 11.0 Å². The molecule has 264 valence electrons. The fraction of sp³-hybridized carbons (Fsp3) is 0. The van der Waals surface area contributed by atoms with E-state index in [2.05, 4.69) is 41.0 Å². The van der Waals surface area contributed by atoms with Gasteiger partial charge in [0, 0.05) is 33.5 Å². The van der Waals surface area contributed by atoms with Crippen molar-refractivity contribution in [2.45, 2.75) is 0 Å². The van der Waals surface area contributed by atoms with Crippen molar-refractivity contribution in [3.05, 3.63) is 230 Å². The third-order valence-corrected chi connectivity index (χ3v) is 10.2. The van der Waals surface area contributed by atoms with Gasteiger partial charge in [-0.05, 0) is 105 Å². The second-order valence-corrected chi connectivity index (χ2v) is 13.6. The summed E-state index contributed by atoms with van der Waals surface area (Å²) in [5, 5.41) is 2.31. The lowest BCUT2D eigenvalue weighted by molar-refractivity contribution is 1.18. The Kier molecular flexibility index (Phi) is 6.59. The first kappa shape index (κ1) is 25.6. The molecule has 0 saturated carbocycles. The van der Waals surface area contributed by atoms with E-state index in [-0.39, 0.29) is 58.8 Å². The molecule has 10 rings (SSSR count). The zero-order valence-corrected chi connectivity index (χ0v) is 30.2. The second kappa shape index (κ2) is 14.4. The third kappa shape index (κ3) is 6.24. The lowest BCUT2D eigenvalue weighted by Gasteiger charge is -2.26. The van der Waals surface area contributed by atoms with Crippen molar-refractivity contribution in [2.24, 2.45) is 0 Å². The number of benzene rings is 9. The maximum absolute atomic E-state index is 9.49. The van der Waals surface area contributed by atoms with Gasteiger partial charge >= 0.3 is 0 Å². The quantitative estimate of drug-likeness (QED) is 0.152. The molecule has 0 N–H and O–H groups in total. The molecule has 0 aliphatic carbocycles. The SMILES string of the molecule is [2H]c1c([2H])c(N(c2ccc(-c3cccc(-n4c5ccccc5c5ccccc54)c3)cc2)c2c([2H])c([2H])c(-c3ccc(-c4ccccc4)cc3)c([2H])c2[2H])c([2H])c([2H])c1-c1ccccc1. The van der Waals surface area contributed by atoms with Crippen LogP contribution in [0.15, 0.2) is 230 Å². The van der Waals surface area contributed by atoms with Crippen molar-refractivity contribution in [3.8, 4) is 50.2 Å². The van der Waals surface area contributed by atoms with Crippen LogP contribution in [-0.4, -0.2) is 4.57 Å². The number of hydrogen-bond donors (Lipinski definition) is 0. The molecular formula is C54H38N2. The van der Waals surface area contributed by atoms with Crippen LogP contribution in [0.3, 0.4) is 0 Å². The zero-order chi connectivity index (χ0) is 44.2. The van der Waals surface area contributed by atoms with Crippen LogP contribution in [0.4, 0.5) is 17.1 Å². The van der Waals surface area contributed by atoms with Gasteiger partial charge in [-0.1, -0.05) is 170 Å². The Morgan fingerprint density at radius 1 is 0.304 bits per heavy atom. The van der Waals surface area contributed by atoms with E-state index in [4.69, 9.17) is 0 Å².